The van der Waals surface area contributed by atoms with Gasteiger partial charge in [-0.05, 0) is 53.8 Å². The van der Waals surface area contributed by atoms with Gasteiger partial charge >= 0.3 is 0 Å². The largest absolute Gasteiger partial charge is 0.503 e. The second-order valence-corrected chi connectivity index (χ2v) is 13.4. The third-order valence-corrected chi connectivity index (χ3v) is 8.62. The molecule has 1 amide bonds. The summed E-state index contributed by atoms with van der Waals surface area (Å²) in [5, 5.41) is 11.2. The summed E-state index contributed by atoms with van der Waals surface area (Å²) in [6, 6.07) is 14.2. The van der Waals surface area contributed by atoms with Crippen molar-refractivity contribution >= 4 is 48.2 Å². The SMILES string of the molecule is Cc1ccc(C(=O)C2=C(O)C(=O)N(c3nc4ccc(S(C)(=O)=O)cc4s3)C2c2ccc(C(C)(C)C)cc2)o1. The maximum absolute atomic E-state index is 13.6. The van der Waals surface area contributed by atoms with E-state index in [1.54, 1.807) is 19.1 Å². The zero-order valence-electron chi connectivity index (χ0n) is 21.5. The number of anilines is 1. The minimum Gasteiger partial charge on any atom is -0.503 e. The van der Waals surface area contributed by atoms with Crippen LogP contribution in [-0.2, 0) is 20.0 Å². The Morgan fingerprint density at radius 3 is 2.34 bits per heavy atom. The van der Waals surface area contributed by atoms with Crippen LogP contribution >= 0.6 is 11.3 Å². The number of hydrogen-bond donors (Lipinski definition) is 1. The average molecular weight is 551 g/mol. The Morgan fingerprint density at radius 1 is 1.08 bits per heavy atom. The number of carbonyl (C=O) groups is 2. The number of ketones is 1. The smallest absolute Gasteiger partial charge is 0.296 e. The number of aliphatic hydroxyl groups is 1. The maximum Gasteiger partial charge on any atom is 0.296 e. The van der Waals surface area contributed by atoms with Crippen molar-refractivity contribution < 1.29 is 27.5 Å². The average Bonchev–Trinajstić information content (AvgIpc) is 3.53. The minimum atomic E-state index is -3.45. The number of aryl methyl sites for hydroxylation is 1. The van der Waals surface area contributed by atoms with E-state index in [1.807, 2.05) is 24.3 Å². The summed E-state index contributed by atoms with van der Waals surface area (Å²) in [6.45, 7) is 7.95. The molecular formula is C28H26N2O6S2. The van der Waals surface area contributed by atoms with Crippen LogP contribution in [-0.4, -0.2) is 36.5 Å². The fourth-order valence-electron chi connectivity index (χ4n) is 4.43. The summed E-state index contributed by atoms with van der Waals surface area (Å²) >= 11 is 1.11. The van der Waals surface area contributed by atoms with Gasteiger partial charge in [0.15, 0.2) is 26.5 Å². The number of rotatable bonds is 5. The van der Waals surface area contributed by atoms with Crippen LogP contribution in [0.4, 0.5) is 5.13 Å². The van der Waals surface area contributed by atoms with E-state index >= 15 is 0 Å². The Morgan fingerprint density at radius 2 is 1.76 bits per heavy atom. The highest BCUT2D eigenvalue weighted by molar-refractivity contribution is 7.90. The van der Waals surface area contributed by atoms with Gasteiger partial charge in [-0.1, -0.05) is 56.4 Å². The zero-order valence-corrected chi connectivity index (χ0v) is 23.1. The van der Waals surface area contributed by atoms with Crippen molar-refractivity contribution in [1.29, 1.82) is 0 Å². The summed E-state index contributed by atoms with van der Waals surface area (Å²) in [5.74, 6) is -1.52. The molecule has 0 spiro atoms. The number of thiazole rings is 1. The van der Waals surface area contributed by atoms with Crippen molar-refractivity contribution in [3.8, 4) is 0 Å². The summed E-state index contributed by atoms with van der Waals surface area (Å²) in [5.41, 5.74) is 1.94. The lowest BCUT2D eigenvalue weighted by atomic mass is 9.85. The number of furan rings is 1. The summed E-state index contributed by atoms with van der Waals surface area (Å²) in [7, 11) is -3.45. The summed E-state index contributed by atoms with van der Waals surface area (Å²) in [6.07, 6.45) is 1.12. The Hall–Kier alpha value is -3.76. The van der Waals surface area contributed by atoms with Crippen LogP contribution in [0.25, 0.3) is 10.2 Å². The first kappa shape index (κ1) is 25.9. The van der Waals surface area contributed by atoms with E-state index in [0.717, 1.165) is 23.2 Å². The molecular weight excluding hydrogens is 524 g/mol. The molecule has 0 fully saturated rings. The number of sulfone groups is 1. The first-order valence-corrected chi connectivity index (χ1v) is 14.6. The molecule has 2 aromatic heterocycles. The maximum atomic E-state index is 13.6. The van der Waals surface area contributed by atoms with Crippen LogP contribution in [0.2, 0.25) is 0 Å². The molecule has 0 saturated heterocycles. The highest BCUT2D eigenvalue weighted by Crippen LogP contribution is 2.44. The van der Waals surface area contributed by atoms with Crippen LogP contribution in [0.5, 0.6) is 0 Å². The first-order valence-electron chi connectivity index (χ1n) is 11.8. The lowest BCUT2D eigenvalue weighted by molar-refractivity contribution is -0.117. The highest BCUT2D eigenvalue weighted by atomic mass is 32.2. The van der Waals surface area contributed by atoms with Crippen LogP contribution in [0.1, 0.15) is 54.3 Å². The number of benzene rings is 2. The van der Waals surface area contributed by atoms with E-state index in [1.165, 1.54) is 23.1 Å². The van der Waals surface area contributed by atoms with Crippen molar-refractivity contribution in [2.75, 3.05) is 11.2 Å². The van der Waals surface area contributed by atoms with E-state index in [2.05, 4.69) is 25.8 Å². The van der Waals surface area contributed by atoms with Gasteiger partial charge in [0.05, 0.1) is 26.7 Å². The molecule has 1 N–H and O–H groups in total. The van der Waals surface area contributed by atoms with Crippen LogP contribution < -0.4 is 4.90 Å². The predicted octanol–water partition coefficient (Wildman–Crippen LogP) is 5.68. The second kappa shape index (κ2) is 8.92. The molecule has 196 valence electrons. The van der Waals surface area contributed by atoms with Crippen molar-refractivity contribution in [3.63, 3.8) is 0 Å². The quantitative estimate of drug-likeness (QED) is 0.318. The Labute approximate surface area is 224 Å². The van der Waals surface area contributed by atoms with Gasteiger partial charge < -0.3 is 9.52 Å². The van der Waals surface area contributed by atoms with Gasteiger partial charge in [-0.25, -0.2) is 13.4 Å². The lowest BCUT2D eigenvalue weighted by Crippen LogP contribution is -2.31. The van der Waals surface area contributed by atoms with Crippen molar-refractivity contribution in [2.45, 2.75) is 44.0 Å². The molecule has 10 heteroatoms. The van der Waals surface area contributed by atoms with Gasteiger partial charge in [-0.2, -0.15) is 0 Å². The number of nitrogens with zero attached hydrogens (tertiary/aromatic N) is 2. The van der Waals surface area contributed by atoms with E-state index in [9.17, 15) is 23.1 Å². The molecule has 4 aromatic rings. The van der Waals surface area contributed by atoms with Gasteiger partial charge in [0, 0.05) is 6.26 Å². The molecule has 1 unspecified atom stereocenters. The standard InChI is InChI=1S/C28H26N2O6S2/c1-15-6-13-20(36-15)24(31)22-23(16-7-9-17(10-8-16)28(2,3)4)30(26(33)25(22)32)27-29-19-12-11-18(38(5,34)35)14-21(19)37-27/h6-14,23,32H,1-5H3. The van der Waals surface area contributed by atoms with E-state index in [4.69, 9.17) is 4.42 Å². The third-order valence-electron chi connectivity index (χ3n) is 6.49. The predicted molar refractivity (Wildman–Crippen MR) is 146 cm³/mol. The van der Waals surface area contributed by atoms with Crippen LogP contribution in [0, 0.1) is 6.92 Å². The number of aromatic nitrogens is 1. The molecule has 5 rings (SSSR count). The Kier molecular flexibility index (Phi) is 6.07. The highest BCUT2D eigenvalue weighted by Gasteiger charge is 2.46. The number of Topliss-reactive ketones (excluding diaryl/α,β-unsaturated/α-hetero) is 1. The zero-order chi connectivity index (χ0) is 27.6. The van der Waals surface area contributed by atoms with Crippen molar-refractivity contribution in [2.24, 2.45) is 0 Å². The third kappa shape index (κ3) is 4.43. The lowest BCUT2D eigenvalue weighted by Gasteiger charge is -2.25. The first-order chi connectivity index (χ1) is 17.8. The number of carbonyl (C=O) groups excluding carboxylic acids is 2. The molecule has 38 heavy (non-hydrogen) atoms. The molecule has 1 aliphatic rings. The van der Waals surface area contributed by atoms with E-state index < -0.39 is 33.3 Å². The van der Waals surface area contributed by atoms with Crippen molar-refractivity contribution in [1.82, 2.24) is 4.98 Å². The van der Waals surface area contributed by atoms with Gasteiger partial charge in [0.2, 0.25) is 5.78 Å². The fraction of sp³-hybridized carbons (Fsp3) is 0.250. The number of hydrogen-bond acceptors (Lipinski definition) is 8. The molecule has 0 radical (unpaired) electrons. The molecule has 1 aliphatic heterocycles. The van der Waals surface area contributed by atoms with Gasteiger partial charge in [0.25, 0.3) is 5.91 Å². The molecule has 0 saturated carbocycles. The van der Waals surface area contributed by atoms with Gasteiger partial charge in [0.1, 0.15) is 5.76 Å². The van der Waals surface area contributed by atoms with E-state index in [0.29, 0.717) is 21.5 Å². The molecule has 0 aliphatic carbocycles. The monoisotopic (exact) mass is 550 g/mol. The molecule has 3 heterocycles. The van der Waals surface area contributed by atoms with Crippen LogP contribution in [0.15, 0.2) is 75.2 Å². The normalized spacial score (nSPS) is 16.6. The fourth-order valence-corrected chi connectivity index (χ4v) is 6.18. The van der Waals surface area contributed by atoms with Gasteiger partial charge in [-0.15, -0.1) is 0 Å². The minimum absolute atomic E-state index is 0.0112. The number of aliphatic hydroxyl groups excluding tert-OH is 1. The van der Waals surface area contributed by atoms with E-state index in [-0.39, 0.29) is 26.8 Å². The molecule has 1 atom stereocenters. The summed E-state index contributed by atoms with van der Waals surface area (Å²) in [4.78, 5) is 33.0. The summed E-state index contributed by atoms with van der Waals surface area (Å²) < 4.78 is 30.2. The number of amides is 1. The topological polar surface area (TPSA) is 118 Å². The molecule has 8 nitrogen and oxygen atoms in total. The molecule has 2 aromatic carbocycles. The molecule has 0 bridgehead atoms. The van der Waals surface area contributed by atoms with Crippen molar-refractivity contribution in [3.05, 3.63) is 88.6 Å². The van der Waals surface area contributed by atoms with Gasteiger partial charge in [-0.3, -0.25) is 14.5 Å². The Balaban J connectivity index is 1.67. The van der Waals surface area contributed by atoms with Crippen LogP contribution in [0.3, 0.4) is 0 Å². The number of fused-ring (bicyclic) bond motifs is 1. The Bertz CT molecular complexity index is 1740. The second-order valence-electron chi connectivity index (χ2n) is 10.3.